The first-order valence-corrected chi connectivity index (χ1v) is 5.56. The summed E-state index contributed by atoms with van der Waals surface area (Å²) in [4.78, 5) is 0.417. The largest absolute Gasteiger partial charge is 1.00 e. The minimum absolute atomic E-state index is 0. The summed E-state index contributed by atoms with van der Waals surface area (Å²) in [6, 6.07) is 5.44. The third-order valence-electron chi connectivity index (χ3n) is 2.51. The maximum absolute atomic E-state index is 10.7. The number of rotatable bonds is 1. The van der Waals surface area contributed by atoms with Crippen LogP contribution >= 0.6 is 0 Å². The Bertz CT molecular complexity index is 352. The van der Waals surface area contributed by atoms with Gasteiger partial charge in [-0.1, -0.05) is 6.07 Å². The molecule has 0 aliphatic heterocycles. The van der Waals surface area contributed by atoms with Crippen LogP contribution in [-0.2, 0) is 23.9 Å². The van der Waals surface area contributed by atoms with E-state index in [1.54, 1.807) is 12.1 Å². The van der Waals surface area contributed by atoms with Gasteiger partial charge in [0.1, 0.15) is 0 Å². The number of hydrogen-bond acceptors (Lipinski definition) is 2. The van der Waals surface area contributed by atoms with Crippen molar-refractivity contribution >= 4 is 11.1 Å². The van der Waals surface area contributed by atoms with Crippen molar-refractivity contribution in [1.82, 2.24) is 0 Å². The Morgan fingerprint density at radius 2 is 1.79 bits per heavy atom. The smallest absolute Gasteiger partial charge is 0.768 e. The van der Waals surface area contributed by atoms with Crippen molar-refractivity contribution in [2.45, 2.75) is 30.6 Å². The number of fused-ring (bicyclic) bond motifs is 1. The fraction of sp³-hybridized carbons (Fsp3) is 0.400. The van der Waals surface area contributed by atoms with Crippen LogP contribution in [0.1, 0.15) is 24.0 Å². The van der Waals surface area contributed by atoms with E-state index in [2.05, 4.69) is 0 Å². The van der Waals surface area contributed by atoms with E-state index in [0.717, 1.165) is 12.8 Å². The van der Waals surface area contributed by atoms with Crippen LogP contribution in [0.15, 0.2) is 23.1 Å². The molecule has 0 bridgehead atoms. The summed E-state index contributed by atoms with van der Waals surface area (Å²) in [5.41, 5.74) is 2.54. The summed E-state index contributed by atoms with van der Waals surface area (Å²) in [6.45, 7) is 0. The molecule has 1 atom stereocenters. The first-order chi connectivity index (χ1) is 6.27. The molecular weight excluding hydrogens is 207 g/mol. The van der Waals surface area contributed by atoms with Gasteiger partial charge in [-0.25, -0.2) is 0 Å². The fourth-order valence-corrected chi connectivity index (χ4v) is 2.23. The number of hydrogen-bond donors (Lipinski definition) is 0. The molecule has 14 heavy (non-hydrogen) atoms. The predicted molar refractivity (Wildman–Crippen MR) is 50.3 cm³/mol. The van der Waals surface area contributed by atoms with Gasteiger partial charge in [0.05, 0.1) is 0 Å². The Balaban J connectivity index is 0.000000980. The third kappa shape index (κ3) is 2.67. The van der Waals surface area contributed by atoms with E-state index in [0.29, 0.717) is 4.90 Å². The van der Waals surface area contributed by atoms with Crippen LogP contribution in [0.25, 0.3) is 0 Å². The zero-order valence-corrected chi connectivity index (χ0v) is 11.1. The zero-order chi connectivity index (χ0) is 9.26. The van der Waals surface area contributed by atoms with E-state index in [1.807, 2.05) is 6.07 Å². The van der Waals surface area contributed by atoms with Gasteiger partial charge in [-0.15, -0.1) is 0 Å². The van der Waals surface area contributed by atoms with Gasteiger partial charge in [-0.2, -0.15) is 0 Å². The van der Waals surface area contributed by atoms with Crippen molar-refractivity contribution in [2.24, 2.45) is 0 Å². The molecule has 2 rings (SSSR count). The van der Waals surface area contributed by atoms with Crippen molar-refractivity contribution in [3.05, 3.63) is 29.3 Å². The van der Waals surface area contributed by atoms with Crippen molar-refractivity contribution in [3.8, 4) is 0 Å². The first-order valence-electron chi connectivity index (χ1n) is 4.48. The third-order valence-corrected chi connectivity index (χ3v) is 3.15. The van der Waals surface area contributed by atoms with Gasteiger partial charge in [0.25, 0.3) is 0 Å². The van der Waals surface area contributed by atoms with Crippen molar-refractivity contribution in [2.75, 3.05) is 0 Å². The summed E-state index contributed by atoms with van der Waals surface area (Å²) in [6.07, 6.45) is 4.54. The van der Waals surface area contributed by atoms with Gasteiger partial charge in [0, 0.05) is 4.90 Å². The summed E-state index contributed by atoms with van der Waals surface area (Å²) in [5.74, 6) is 0. The zero-order valence-electron chi connectivity index (χ0n) is 8.29. The molecular formula is C10H11NaO2S. The molecule has 1 aromatic rings. The van der Waals surface area contributed by atoms with Gasteiger partial charge < -0.3 is 4.55 Å². The molecule has 0 heterocycles. The van der Waals surface area contributed by atoms with Crippen molar-refractivity contribution in [1.29, 1.82) is 0 Å². The van der Waals surface area contributed by atoms with Crippen LogP contribution < -0.4 is 29.6 Å². The standard InChI is InChI=1S/C10H12O2S.Na/c11-13(12)10-6-5-8-3-1-2-4-9(8)7-10;/h5-7H,1-4H2,(H,11,12);/q;+1/p-1. The summed E-state index contributed by atoms with van der Waals surface area (Å²) >= 11 is -2.08. The van der Waals surface area contributed by atoms with Crippen molar-refractivity contribution in [3.63, 3.8) is 0 Å². The van der Waals surface area contributed by atoms with E-state index >= 15 is 0 Å². The first kappa shape index (κ1) is 12.4. The summed E-state index contributed by atoms with van der Waals surface area (Å²) in [7, 11) is 0. The molecule has 1 aliphatic carbocycles. The molecule has 0 amide bonds. The molecule has 4 heteroatoms. The maximum atomic E-state index is 10.7. The molecule has 1 unspecified atom stereocenters. The number of aryl methyl sites for hydroxylation is 2. The van der Waals surface area contributed by atoms with Crippen molar-refractivity contribution < 1.29 is 38.3 Å². The average Bonchev–Trinajstić information content (AvgIpc) is 2.17. The molecule has 2 nitrogen and oxygen atoms in total. The molecule has 0 N–H and O–H groups in total. The SMILES string of the molecule is O=S([O-])c1ccc2c(c1)CCCC2.[Na+]. The molecule has 0 radical (unpaired) electrons. The van der Waals surface area contributed by atoms with Gasteiger partial charge in [-0.3, -0.25) is 4.21 Å². The summed E-state index contributed by atoms with van der Waals surface area (Å²) < 4.78 is 21.4. The molecule has 0 saturated carbocycles. The second-order valence-corrected chi connectivity index (χ2v) is 4.31. The Morgan fingerprint density at radius 3 is 2.43 bits per heavy atom. The van der Waals surface area contributed by atoms with E-state index in [-0.39, 0.29) is 29.6 Å². The predicted octanol–water partition coefficient (Wildman–Crippen LogP) is -1.19. The molecule has 0 aromatic heterocycles. The molecule has 0 saturated heterocycles. The van der Waals surface area contributed by atoms with Crippen LogP contribution in [-0.4, -0.2) is 8.76 Å². The molecule has 1 aliphatic rings. The van der Waals surface area contributed by atoms with Gasteiger partial charge in [0.2, 0.25) is 0 Å². The molecule has 70 valence electrons. The monoisotopic (exact) mass is 218 g/mol. The van der Waals surface area contributed by atoms with Gasteiger partial charge in [-0.05, 0) is 60.0 Å². The van der Waals surface area contributed by atoms with Gasteiger partial charge in [0.15, 0.2) is 0 Å². The van der Waals surface area contributed by atoms with Gasteiger partial charge >= 0.3 is 29.6 Å². The van der Waals surface area contributed by atoms with Crippen LogP contribution in [0.3, 0.4) is 0 Å². The second kappa shape index (κ2) is 5.42. The van der Waals surface area contributed by atoms with Crippen LogP contribution in [0.4, 0.5) is 0 Å². The summed E-state index contributed by atoms with van der Waals surface area (Å²) in [5, 5.41) is 0. The fourth-order valence-electron chi connectivity index (χ4n) is 1.81. The second-order valence-electron chi connectivity index (χ2n) is 3.37. The minimum Gasteiger partial charge on any atom is -0.768 e. The Labute approximate surface area is 109 Å². The Hall–Kier alpha value is 0.330. The Morgan fingerprint density at radius 1 is 1.14 bits per heavy atom. The van der Waals surface area contributed by atoms with E-state index in [9.17, 15) is 8.76 Å². The maximum Gasteiger partial charge on any atom is 1.00 e. The van der Waals surface area contributed by atoms with Crippen LogP contribution in [0, 0.1) is 0 Å². The number of benzene rings is 1. The molecule has 0 fully saturated rings. The van der Waals surface area contributed by atoms with Crippen LogP contribution in [0.2, 0.25) is 0 Å². The normalized spacial score (nSPS) is 16.6. The average molecular weight is 218 g/mol. The molecule has 1 aromatic carbocycles. The van der Waals surface area contributed by atoms with E-state index in [1.165, 1.54) is 24.0 Å². The van der Waals surface area contributed by atoms with E-state index in [4.69, 9.17) is 0 Å². The van der Waals surface area contributed by atoms with Crippen LogP contribution in [0.5, 0.6) is 0 Å². The van der Waals surface area contributed by atoms with E-state index < -0.39 is 11.1 Å². The quantitative estimate of drug-likeness (QED) is 0.439. The topological polar surface area (TPSA) is 40.1 Å². The Kier molecular flexibility index (Phi) is 4.80. The molecule has 0 spiro atoms. The minimum atomic E-state index is -2.08.